The lowest BCUT2D eigenvalue weighted by molar-refractivity contribution is -0.203. The minimum atomic E-state index is -1.10. The lowest BCUT2D eigenvalue weighted by Gasteiger charge is -2.71. The van der Waals surface area contributed by atoms with E-state index in [1.807, 2.05) is 0 Å². The van der Waals surface area contributed by atoms with Gasteiger partial charge in [-0.15, -0.1) is 0 Å². The number of carbonyl (C=O) groups excluding carboxylic acids is 6. The number of nitrogens with one attached hydrogen (secondary N) is 3. The quantitative estimate of drug-likeness (QED) is 0.0773. The Morgan fingerprint density at radius 1 is 0.818 bits per heavy atom. The Hall–Kier alpha value is -3.94. The summed E-state index contributed by atoms with van der Waals surface area (Å²) in [5.74, 6) is -1.36. The van der Waals surface area contributed by atoms with Crippen molar-refractivity contribution >= 4 is 41.1 Å². The number of aliphatic hydroxyl groups is 1. The van der Waals surface area contributed by atoms with Gasteiger partial charge in [-0.2, -0.15) is 0 Å². The molecule has 1 aromatic carbocycles. The lowest BCUT2D eigenvalue weighted by atomic mass is 9.33. The normalized spacial score (nSPS) is 35.4. The van der Waals surface area contributed by atoms with E-state index in [1.165, 1.54) is 25.0 Å². The molecule has 7 aliphatic rings. The fourth-order valence-electron chi connectivity index (χ4n) is 14.9. The fraction of sp³-hybridized carbons (Fsp3) is 0.736. The first-order chi connectivity index (χ1) is 31.2. The minimum absolute atomic E-state index is 0.00767. The van der Waals surface area contributed by atoms with Crippen LogP contribution in [-0.4, -0.2) is 90.6 Å². The smallest absolute Gasteiger partial charge is 0.264 e. The average Bonchev–Trinajstić information content (AvgIpc) is 3.51. The summed E-state index contributed by atoms with van der Waals surface area (Å²) in [6.45, 7) is 18.7. The fourth-order valence-corrected chi connectivity index (χ4v) is 14.9. The van der Waals surface area contributed by atoms with Crippen molar-refractivity contribution in [3.8, 4) is 0 Å². The highest BCUT2D eigenvalue weighted by atomic mass is 16.5. The Labute approximate surface area is 391 Å². The number of benzene rings is 1. The van der Waals surface area contributed by atoms with E-state index in [9.17, 15) is 33.9 Å². The predicted octanol–water partition coefficient (Wildman–Crippen LogP) is 7.90. The van der Waals surface area contributed by atoms with Crippen molar-refractivity contribution in [1.29, 1.82) is 0 Å². The zero-order chi connectivity index (χ0) is 47.5. The van der Waals surface area contributed by atoms with Crippen LogP contribution in [0.1, 0.15) is 172 Å². The number of nitrogens with zero attached hydrogens (tertiary/aromatic N) is 1. The molecule has 1 saturated heterocycles. The van der Waals surface area contributed by atoms with Crippen molar-refractivity contribution in [3.63, 3.8) is 0 Å². The summed E-state index contributed by atoms with van der Waals surface area (Å²) in [5.41, 5.74) is 2.05. The number of aliphatic hydroxyl groups excluding tert-OH is 1. The molecule has 1 unspecified atom stereocenters. The molecule has 8 rings (SSSR count). The second-order valence-corrected chi connectivity index (χ2v) is 23.3. The van der Waals surface area contributed by atoms with E-state index in [0.29, 0.717) is 31.6 Å². The van der Waals surface area contributed by atoms with E-state index >= 15 is 0 Å². The zero-order valence-electron chi connectivity index (χ0n) is 40.7. The van der Waals surface area contributed by atoms with Crippen molar-refractivity contribution in [2.75, 3.05) is 38.3 Å². The summed E-state index contributed by atoms with van der Waals surface area (Å²) in [6.07, 6.45) is 16.8. The number of allylic oxidation sites excluding steroid dienone is 2. The molecule has 362 valence electrons. The summed E-state index contributed by atoms with van der Waals surface area (Å²) in [5, 5.41) is 19.4. The van der Waals surface area contributed by atoms with Gasteiger partial charge in [-0.3, -0.25) is 39.0 Å². The molecule has 66 heavy (non-hydrogen) atoms. The van der Waals surface area contributed by atoms with Gasteiger partial charge in [0, 0.05) is 19.6 Å². The van der Waals surface area contributed by atoms with Crippen LogP contribution < -0.4 is 16.0 Å². The molecule has 1 aromatic rings. The Bertz CT molecular complexity index is 2150. The molecule has 2 aliphatic heterocycles. The Balaban J connectivity index is 0.754. The number of hydrogen-bond donors (Lipinski definition) is 4. The van der Waals surface area contributed by atoms with Crippen molar-refractivity contribution in [2.45, 2.75) is 163 Å². The number of imide groups is 2. The van der Waals surface area contributed by atoms with Crippen LogP contribution in [0.3, 0.4) is 0 Å². The first-order valence-corrected chi connectivity index (χ1v) is 25.2. The molecule has 4 saturated carbocycles. The minimum Gasteiger partial charge on any atom is -0.393 e. The highest BCUT2D eigenvalue weighted by molar-refractivity contribution is 6.26. The van der Waals surface area contributed by atoms with Gasteiger partial charge in [0.15, 0.2) is 0 Å². The molecule has 2 heterocycles. The molecule has 4 N–H and O–H groups in total. The van der Waals surface area contributed by atoms with E-state index in [2.05, 4.69) is 70.5 Å². The molecule has 0 radical (unpaired) electrons. The topological polar surface area (TPSA) is 180 Å². The SMILES string of the molecule is CC1(C)CC[C@]2(C(=O)NCCCCCCOCCOCC(=O)Nc3cccc4c3C(=O)N(C3CCC(=O)NC3=O)C4=O)CC[C@]3(C)C(=CC[C@@H]4[C@@]5(C)CC[C@H](O)C(C)(C)[C@@H]5CC[C@]43C)[C@@H]2C1. The summed E-state index contributed by atoms with van der Waals surface area (Å²) in [6, 6.07) is 3.44. The maximum absolute atomic E-state index is 14.5. The summed E-state index contributed by atoms with van der Waals surface area (Å²) in [7, 11) is 0. The summed E-state index contributed by atoms with van der Waals surface area (Å²) < 4.78 is 11.3. The second-order valence-electron chi connectivity index (χ2n) is 23.3. The molecular formula is C53H76N4O9. The third kappa shape index (κ3) is 8.28. The molecule has 0 bridgehead atoms. The monoisotopic (exact) mass is 913 g/mol. The van der Waals surface area contributed by atoms with Gasteiger partial charge in [0.05, 0.1) is 41.5 Å². The molecular weight excluding hydrogens is 837 g/mol. The molecule has 6 amide bonds. The highest BCUT2D eigenvalue weighted by Gasteiger charge is 2.69. The Morgan fingerprint density at radius 3 is 2.33 bits per heavy atom. The van der Waals surface area contributed by atoms with Crippen LogP contribution in [0.2, 0.25) is 0 Å². The van der Waals surface area contributed by atoms with Crippen LogP contribution in [-0.2, 0) is 28.7 Å². The molecule has 9 atom stereocenters. The van der Waals surface area contributed by atoms with Crippen molar-refractivity contribution < 1.29 is 43.3 Å². The molecule has 0 spiro atoms. The van der Waals surface area contributed by atoms with Gasteiger partial charge < -0.3 is 25.2 Å². The number of unbranched alkanes of at least 4 members (excludes halogenated alkanes) is 3. The van der Waals surface area contributed by atoms with Crippen molar-refractivity contribution in [3.05, 3.63) is 41.0 Å². The third-order valence-electron chi connectivity index (χ3n) is 18.9. The maximum Gasteiger partial charge on any atom is 0.264 e. The molecule has 13 nitrogen and oxygen atoms in total. The molecule has 13 heteroatoms. The predicted molar refractivity (Wildman–Crippen MR) is 250 cm³/mol. The number of fused-ring (bicyclic) bond motifs is 8. The van der Waals surface area contributed by atoms with Gasteiger partial charge in [0.1, 0.15) is 12.6 Å². The number of ether oxygens (including phenoxy) is 2. The van der Waals surface area contributed by atoms with Crippen LogP contribution in [0.4, 0.5) is 5.69 Å². The third-order valence-corrected chi connectivity index (χ3v) is 18.9. The van der Waals surface area contributed by atoms with Gasteiger partial charge in [0.25, 0.3) is 11.8 Å². The number of anilines is 1. The first-order valence-electron chi connectivity index (χ1n) is 25.2. The van der Waals surface area contributed by atoms with E-state index in [0.717, 1.165) is 81.9 Å². The Kier molecular flexibility index (Phi) is 13.4. The number of amides is 6. The van der Waals surface area contributed by atoms with Crippen LogP contribution >= 0.6 is 0 Å². The lowest BCUT2D eigenvalue weighted by Crippen LogP contribution is -2.65. The Morgan fingerprint density at radius 2 is 1.56 bits per heavy atom. The van der Waals surface area contributed by atoms with Gasteiger partial charge in [-0.05, 0) is 140 Å². The largest absolute Gasteiger partial charge is 0.393 e. The van der Waals surface area contributed by atoms with Crippen LogP contribution in [0.15, 0.2) is 29.8 Å². The van der Waals surface area contributed by atoms with E-state index in [4.69, 9.17) is 9.47 Å². The van der Waals surface area contributed by atoms with Crippen LogP contribution in [0, 0.1) is 50.2 Å². The zero-order valence-corrected chi connectivity index (χ0v) is 40.7. The van der Waals surface area contributed by atoms with Gasteiger partial charge >= 0.3 is 0 Å². The summed E-state index contributed by atoms with van der Waals surface area (Å²) >= 11 is 0. The van der Waals surface area contributed by atoms with E-state index in [-0.39, 0.29) is 93.3 Å². The second kappa shape index (κ2) is 18.2. The van der Waals surface area contributed by atoms with Crippen molar-refractivity contribution in [1.82, 2.24) is 15.5 Å². The summed E-state index contributed by atoms with van der Waals surface area (Å²) in [4.78, 5) is 78.6. The molecule has 0 aromatic heterocycles. The average molecular weight is 913 g/mol. The first kappa shape index (κ1) is 48.5. The van der Waals surface area contributed by atoms with Crippen molar-refractivity contribution in [2.24, 2.45) is 50.2 Å². The van der Waals surface area contributed by atoms with E-state index in [1.54, 1.807) is 11.6 Å². The van der Waals surface area contributed by atoms with Gasteiger partial charge in [-0.1, -0.05) is 79.0 Å². The standard InChI is InChI=1S/C53H76N4O9/c1-48(2)23-25-53(26-24-51(6)34(35(53)31-48)15-17-39-50(5)21-20-40(58)49(3,4)38(50)19-22-52(39,51)7)47(64)54-27-10-8-9-11-28-65-29-30-66-32-42(60)55-36-14-12-13-33-43(36)46(63)57(45(33)62)37-16-18-41(59)56-44(37)61/h12-15,35,37-40,58H,8-11,16-32H2,1-7H3,(H,54,64)(H,55,60)(H,56,59,61)/t35-,37?,38-,39+,40-,50-,51+,52+,53-/m0/s1. The molecule has 5 aliphatic carbocycles. The maximum atomic E-state index is 14.5. The number of rotatable bonds is 15. The van der Waals surface area contributed by atoms with Crippen LogP contribution in [0.25, 0.3) is 0 Å². The number of piperidine rings is 1. The van der Waals surface area contributed by atoms with Gasteiger partial charge in [-0.25, -0.2) is 0 Å². The number of carbonyl (C=O) groups is 6. The highest BCUT2D eigenvalue weighted by Crippen LogP contribution is 2.75. The number of hydrogen-bond acceptors (Lipinski definition) is 9. The molecule has 5 fully saturated rings. The van der Waals surface area contributed by atoms with Crippen LogP contribution in [0.5, 0.6) is 0 Å². The van der Waals surface area contributed by atoms with E-state index < -0.39 is 35.6 Å². The van der Waals surface area contributed by atoms with Gasteiger partial charge in [0.2, 0.25) is 23.6 Å².